The van der Waals surface area contributed by atoms with Gasteiger partial charge in [-0.1, -0.05) is 109 Å². The number of phosphoric ester groups is 1. The number of hydrogen-bond donors (Lipinski definition) is 1. The number of rotatable bonds is 22. The maximum absolute atomic E-state index is 12.1. The van der Waals surface area contributed by atoms with Gasteiger partial charge in [-0.05, 0) is 19.3 Å². The molecule has 1 rings (SSSR count). The van der Waals surface area contributed by atoms with Gasteiger partial charge in [-0.25, -0.2) is 4.57 Å². The number of nitrogens with zero attached hydrogens (tertiary/aromatic N) is 1. The fourth-order valence-electron chi connectivity index (χ4n) is 4.43. The van der Waals surface area contributed by atoms with Crippen LogP contribution in [-0.4, -0.2) is 42.1 Å². The molecule has 1 unspecified atom stereocenters. The van der Waals surface area contributed by atoms with Crippen LogP contribution in [0.4, 0.5) is 0 Å². The van der Waals surface area contributed by atoms with Crippen molar-refractivity contribution in [2.75, 3.05) is 26.2 Å². The van der Waals surface area contributed by atoms with Gasteiger partial charge in [-0.15, -0.1) is 6.58 Å². The Morgan fingerprint density at radius 2 is 1.28 bits per heavy atom. The quantitative estimate of drug-likeness (QED) is 0.0979. The highest BCUT2D eigenvalue weighted by molar-refractivity contribution is 7.47. The van der Waals surface area contributed by atoms with E-state index in [-0.39, 0.29) is 6.10 Å². The summed E-state index contributed by atoms with van der Waals surface area (Å²) < 4.78 is 22.7. The van der Waals surface area contributed by atoms with Gasteiger partial charge in [0, 0.05) is 19.6 Å². The second-order valence-corrected chi connectivity index (χ2v) is 10.9. The van der Waals surface area contributed by atoms with Gasteiger partial charge < -0.3 is 4.89 Å². The van der Waals surface area contributed by atoms with Crippen LogP contribution in [0.5, 0.6) is 0 Å². The number of unbranched alkanes of at least 4 members (excludes halogenated alkanes) is 15. The minimum absolute atomic E-state index is 0.183. The van der Waals surface area contributed by atoms with Crippen molar-refractivity contribution in [1.82, 2.24) is 4.90 Å². The fourth-order valence-corrected chi connectivity index (χ4v) is 5.44. The molecule has 32 heavy (non-hydrogen) atoms. The van der Waals surface area contributed by atoms with Crippen LogP contribution < -0.4 is 0 Å². The van der Waals surface area contributed by atoms with Crippen LogP contribution in [0.15, 0.2) is 12.7 Å². The molecule has 1 heterocycles. The van der Waals surface area contributed by atoms with Crippen LogP contribution in [0.2, 0.25) is 0 Å². The Morgan fingerprint density at radius 3 is 1.72 bits per heavy atom. The molecule has 1 atom stereocenters. The first-order valence-corrected chi connectivity index (χ1v) is 15.1. The molecule has 190 valence electrons. The minimum Gasteiger partial charge on any atom is -0.302 e. The van der Waals surface area contributed by atoms with Crippen molar-refractivity contribution in [2.24, 2.45) is 0 Å². The summed E-state index contributed by atoms with van der Waals surface area (Å²) in [5.74, 6) is 0. The van der Waals surface area contributed by atoms with Crippen LogP contribution in [0.3, 0.4) is 0 Å². The number of likely N-dealkylation sites (tertiary alicyclic amines) is 1. The van der Waals surface area contributed by atoms with E-state index in [2.05, 4.69) is 18.4 Å². The van der Waals surface area contributed by atoms with Gasteiger partial charge in [0.1, 0.15) is 0 Å². The molecule has 0 aromatic carbocycles. The Bertz CT molecular complexity index is 480. The molecule has 1 aliphatic rings. The standard InChI is InChI=1S/C26H52NO4P/c1-3-5-6-7-8-9-10-11-12-13-14-15-16-17-18-19-25-30-32(28,29)31-26-20-23-27(22-4-2)24-21-26/h4,26H,2-3,5-25H2,1H3,(H,28,29). The Kier molecular flexibility index (Phi) is 18.8. The largest absolute Gasteiger partial charge is 0.472 e. The molecule has 1 N–H and O–H groups in total. The number of phosphoric acid groups is 1. The molecule has 6 heteroatoms. The second kappa shape index (κ2) is 20.2. The van der Waals surface area contributed by atoms with Crippen LogP contribution in [0, 0.1) is 0 Å². The Labute approximate surface area is 198 Å². The molecule has 0 aliphatic carbocycles. The van der Waals surface area contributed by atoms with Gasteiger partial charge in [0.05, 0.1) is 12.7 Å². The lowest BCUT2D eigenvalue weighted by atomic mass is 10.0. The molecule has 0 saturated carbocycles. The number of hydrogen-bond acceptors (Lipinski definition) is 4. The predicted octanol–water partition coefficient (Wildman–Crippen LogP) is 8.03. The van der Waals surface area contributed by atoms with Gasteiger partial charge in [0.25, 0.3) is 0 Å². The summed E-state index contributed by atoms with van der Waals surface area (Å²) in [5, 5.41) is 0. The summed E-state index contributed by atoms with van der Waals surface area (Å²) >= 11 is 0. The SMILES string of the molecule is C=CCN1CCC(OP(=O)(O)OCCCCCCCCCCCCCCCCCC)CC1. The molecule has 5 nitrogen and oxygen atoms in total. The van der Waals surface area contributed by atoms with Gasteiger partial charge in [-0.3, -0.25) is 13.9 Å². The molecule has 0 radical (unpaired) electrons. The lowest BCUT2D eigenvalue weighted by Gasteiger charge is -2.31. The summed E-state index contributed by atoms with van der Waals surface area (Å²) in [4.78, 5) is 12.2. The molecule has 0 bridgehead atoms. The lowest BCUT2D eigenvalue weighted by Crippen LogP contribution is -2.36. The lowest BCUT2D eigenvalue weighted by molar-refractivity contribution is 0.0604. The van der Waals surface area contributed by atoms with E-state index in [9.17, 15) is 9.46 Å². The Balaban J connectivity index is 1.84. The van der Waals surface area contributed by atoms with Gasteiger partial charge in [-0.2, -0.15) is 0 Å². The highest BCUT2D eigenvalue weighted by atomic mass is 31.2. The first kappa shape index (κ1) is 29.8. The normalized spacial score (nSPS) is 17.4. The third kappa shape index (κ3) is 17.3. The third-order valence-corrected chi connectivity index (χ3v) is 7.53. The van der Waals surface area contributed by atoms with E-state index in [0.29, 0.717) is 6.61 Å². The zero-order valence-electron chi connectivity index (χ0n) is 21.0. The molecule has 1 saturated heterocycles. The van der Waals surface area contributed by atoms with Gasteiger partial charge >= 0.3 is 7.82 Å². The minimum atomic E-state index is -3.92. The zero-order chi connectivity index (χ0) is 23.3. The summed E-state index contributed by atoms with van der Waals surface area (Å²) in [7, 11) is -3.92. The Hall–Kier alpha value is -0.190. The van der Waals surface area contributed by atoms with E-state index in [1.165, 1.54) is 89.9 Å². The maximum atomic E-state index is 12.1. The van der Waals surface area contributed by atoms with Gasteiger partial charge in [0.15, 0.2) is 0 Å². The van der Waals surface area contributed by atoms with Crippen molar-refractivity contribution in [3.05, 3.63) is 12.7 Å². The van der Waals surface area contributed by atoms with E-state index in [0.717, 1.165) is 45.3 Å². The second-order valence-electron chi connectivity index (χ2n) is 9.50. The Morgan fingerprint density at radius 1 is 0.844 bits per heavy atom. The predicted molar refractivity (Wildman–Crippen MR) is 136 cm³/mol. The highest BCUT2D eigenvalue weighted by Gasteiger charge is 2.29. The van der Waals surface area contributed by atoms with Crippen LogP contribution in [0.1, 0.15) is 122 Å². The average molecular weight is 474 g/mol. The average Bonchev–Trinajstić information content (AvgIpc) is 2.77. The summed E-state index contributed by atoms with van der Waals surface area (Å²) in [6.07, 6.45) is 24.2. The van der Waals surface area contributed by atoms with Crippen molar-refractivity contribution in [3.8, 4) is 0 Å². The molecular formula is C26H52NO4P. The van der Waals surface area contributed by atoms with Gasteiger partial charge in [0.2, 0.25) is 0 Å². The monoisotopic (exact) mass is 473 g/mol. The fraction of sp³-hybridized carbons (Fsp3) is 0.923. The van der Waals surface area contributed by atoms with Crippen molar-refractivity contribution in [2.45, 2.75) is 129 Å². The zero-order valence-corrected chi connectivity index (χ0v) is 21.9. The van der Waals surface area contributed by atoms with E-state index in [4.69, 9.17) is 9.05 Å². The first-order valence-electron chi connectivity index (χ1n) is 13.6. The highest BCUT2D eigenvalue weighted by Crippen LogP contribution is 2.46. The smallest absolute Gasteiger partial charge is 0.302 e. The van der Waals surface area contributed by atoms with Crippen molar-refractivity contribution >= 4 is 7.82 Å². The molecular weight excluding hydrogens is 421 g/mol. The number of piperidine rings is 1. The van der Waals surface area contributed by atoms with E-state index in [1.54, 1.807) is 0 Å². The molecule has 0 aromatic rings. The molecule has 0 amide bonds. The third-order valence-electron chi connectivity index (χ3n) is 6.46. The molecule has 0 spiro atoms. The van der Waals surface area contributed by atoms with E-state index >= 15 is 0 Å². The van der Waals surface area contributed by atoms with Crippen LogP contribution in [0.25, 0.3) is 0 Å². The van der Waals surface area contributed by atoms with Crippen LogP contribution >= 0.6 is 7.82 Å². The van der Waals surface area contributed by atoms with Crippen molar-refractivity contribution < 1.29 is 18.5 Å². The van der Waals surface area contributed by atoms with Crippen LogP contribution in [-0.2, 0) is 13.6 Å². The van der Waals surface area contributed by atoms with Crippen molar-refractivity contribution in [1.29, 1.82) is 0 Å². The maximum Gasteiger partial charge on any atom is 0.472 e. The van der Waals surface area contributed by atoms with E-state index in [1.807, 2.05) is 6.08 Å². The molecule has 0 aromatic heterocycles. The molecule has 1 aliphatic heterocycles. The summed E-state index contributed by atoms with van der Waals surface area (Å²) in [6.45, 7) is 8.93. The molecule has 1 fully saturated rings. The first-order chi connectivity index (χ1) is 15.6. The summed E-state index contributed by atoms with van der Waals surface area (Å²) in [5.41, 5.74) is 0. The summed E-state index contributed by atoms with van der Waals surface area (Å²) in [6, 6.07) is 0. The topological polar surface area (TPSA) is 59.0 Å². The van der Waals surface area contributed by atoms with E-state index < -0.39 is 7.82 Å². The van der Waals surface area contributed by atoms with Crippen molar-refractivity contribution in [3.63, 3.8) is 0 Å².